The molecule has 0 radical (unpaired) electrons. The summed E-state index contributed by atoms with van der Waals surface area (Å²) in [6.07, 6.45) is -17.7. The highest BCUT2D eigenvalue weighted by Gasteiger charge is 2.74. The second-order valence-corrected chi connectivity index (χ2v) is 3.92. The molecule has 1 rings (SSSR count). The van der Waals surface area contributed by atoms with Gasteiger partial charge in [-0.2, -0.15) is 39.5 Å². The lowest BCUT2D eigenvalue weighted by Crippen LogP contribution is -2.56. The summed E-state index contributed by atoms with van der Waals surface area (Å²) in [5, 5.41) is 0. The molecule has 0 heterocycles. The molecule has 0 saturated carbocycles. The van der Waals surface area contributed by atoms with Gasteiger partial charge in [0, 0.05) is 12.7 Å². The van der Waals surface area contributed by atoms with Gasteiger partial charge in [0.25, 0.3) is 5.60 Å². The molecule has 0 bridgehead atoms. The van der Waals surface area contributed by atoms with Gasteiger partial charge in [-0.05, 0) is 6.07 Å². The van der Waals surface area contributed by atoms with E-state index in [2.05, 4.69) is 4.74 Å². The SMILES string of the molecule is COC(c1ccccc1C(F)(F)F)(C(F)(F)F)C(F)(F)F. The van der Waals surface area contributed by atoms with Crippen molar-refractivity contribution < 1.29 is 44.3 Å². The average Bonchev–Trinajstić information content (AvgIpc) is 2.25. The lowest BCUT2D eigenvalue weighted by atomic mass is 9.87. The Morgan fingerprint density at radius 1 is 0.714 bits per heavy atom. The number of hydrogen-bond acceptors (Lipinski definition) is 1. The maximum absolute atomic E-state index is 12.9. The largest absolute Gasteiger partial charge is 0.430 e. The predicted molar refractivity (Wildman–Crippen MR) is 52.2 cm³/mol. The first kappa shape index (κ1) is 17.6. The van der Waals surface area contributed by atoms with Crippen LogP contribution in [-0.4, -0.2) is 19.5 Å². The van der Waals surface area contributed by atoms with E-state index in [0.29, 0.717) is 12.1 Å². The van der Waals surface area contributed by atoms with Crippen molar-refractivity contribution in [3.8, 4) is 0 Å². The van der Waals surface area contributed by atoms with Crippen molar-refractivity contribution >= 4 is 0 Å². The summed E-state index contributed by atoms with van der Waals surface area (Å²) in [6.45, 7) is 0. The second-order valence-electron chi connectivity index (χ2n) is 3.92. The van der Waals surface area contributed by atoms with Crippen molar-refractivity contribution in [1.82, 2.24) is 0 Å². The van der Waals surface area contributed by atoms with Crippen LogP contribution >= 0.6 is 0 Å². The van der Waals surface area contributed by atoms with Gasteiger partial charge in [-0.1, -0.05) is 18.2 Å². The Balaban J connectivity index is 3.80. The van der Waals surface area contributed by atoms with Crippen molar-refractivity contribution in [2.45, 2.75) is 24.1 Å². The highest BCUT2D eigenvalue weighted by molar-refractivity contribution is 5.37. The molecule has 0 aliphatic heterocycles. The molecule has 0 spiro atoms. The molecule has 1 aromatic carbocycles. The third kappa shape index (κ3) is 2.81. The third-order valence-corrected chi connectivity index (χ3v) is 2.72. The van der Waals surface area contributed by atoms with Crippen LogP contribution in [0.1, 0.15) is 11.1 Å². The standard InChI is InChI=1S/C11H7F9O/c1-21-8(10(15,16)17,11(18,19)20)6-4-2-3-5-7(6)9(12,13)14/h2-5H,1H3. The number of methoxy groups -OCH3 is 1. The van der Waals surface area contributed by atoms with E-state index >= 15 is 0 Å². The Kier molecular flexibility index (Phi) is 4.25. The van der Waals surface area contributed by atoms with Crippen LogP contribution in [-0.2, 0) is 16.5 Å². The highest BCUT2D eigenvalue weighted by Crippen LogP contribution is 2.54. The minimum absolute atomic E-state index is 0.0497. The molecule has 10 heteroatoms. The fraction of sp³-hybridized carbons (Fsp3) is 0.455. The van der Waals surface area contributed by atoms with E-state index in [1.54, 1.807) is 0 Å². The lowest BCUT2D eigenvalue weighted by molar-refractivity contribution is -0.384. The number of halogens is 9. The molecule has 0 aliphatic carbocycles. The van der Waals surface area contributed by atoms with E-state index in [4.69, 9.17) is 0 Å². The van der Waals surface area contributed by atoms with E-state index in [1.807, 2.05) is 0 Å². The van der Waals surface area contributed by atoms with Gasteiger partial charge in [-0.15, -0.1) is 0 Å². The van der Waals surface area contributed by atoms with Crippen LogP contribution in [0.5, 0.6) is 0 Å². The van der Waals surface area contributed by atoms with Gasteiger partial charge in [0.1, 0.15) is 0 Å². The minimum atomic E-state index is -6.14. The zero-order valence-corrected chi connectivity index (χ0v) is 10.1. The number of benzene rings is 1. The highest BCUT2D eigenvalue weighted by atomic mass is 19.4. The minimum Gasteiger partial charge on any atom is -0.357 e. The van der Waals surface area contributed by atoms with Gasteiger partial charge in [-0.25, -0.2) is 0 Å². The maximum Gasteiger partial charge on any atom is 0.430 e. The third-order valence-electron chi connectivity index (χ3n) is 2.72. The zero-order chi connectivity index (χ0) is 16.7. The molecule has 0 N–H and O–H groups in total. The maximum atomic E-state index is 12.9. The number of rotatable bonds is 2. The van der Waals surface area contributed by atoms with Crippen LogP contribution in [0.3, 0.4) is 0 Å². The first-order valence-electron chi connectivity index (χ1n) is 5.14. The van der Waals surface area contributed by atoms with Crippen LogP contribution in [0, 0.1) is 0 Å². The number of alkyl halides is 9. The van der Waals surface area contributed by atoms with Crippen LogP contribution in [0.2, 0.25) is 0 Å². The lowest BCUT2D eigenvalue weighted by Gasteiger charge is -2.37. The molecule has 1 aromatic rings. The van der Waals surface area contributed by atoms with Gasteiger partial charge >= 0.3 is 18.5 Å². The fourth-order valence-corrected chi connectivity index (χ4v) is 1.84. The molecule has 0 saturated heterocycles. The molecule has 1 nitrogen and oxygen atoms in total. The van der Waals surface area contributed by atoms with Crippen molar-refractivity contribution in [2.75, 3.05) is 7.11 Å². The van der Waals surface area contributed by atoms with Gasteiger partial charge in [-0.3, -0.25) is 0 Å². The Morgan fingerprint density at radius 3 is 1.38 bits per heavy atom. The van der Waals surface area contributed by atoms with E-state index in [0.717, 1.165) is 0 Å². The van der Waals surface area contributed by atoms with Crippen LogP contribution in [0.25, 0.3) is 0 Å². The topological polar surface area (TPSA) is 9.23 Å². The van der Waals surface area contributed by atoms with Crippen molar-refractivity contribution in [2.24, 2.45) is 0 Å². The summed E-state index contributed by atoms with van der Waals surface area (Å²) in [5.74, 6) is 0. The smallest absolute Gasteiger partial charge is 0.357 e. The van der Waals surface area contributed by atoms with E-state index in [9.17, 15) is 39.5 Å². The van der Waals surface area contributed by atoms with Crippen molar-refractivity contribution in [1.29, 1.82) is 0 Å². The van der Waals surface area contributed by atoms with Crippen LogP contribution in [0.15, 0.2) is 24.3 Å². The molecule has 0 aromatic heterocycles. The van der Waals surface area contributed by atoms with E-state index in [1.165, 1.54) is 0 Å². The first-order chi connectivity index (χ1) is 9.29. The summed E-state index contributed by atoms with van der Waals surface area (Å²) in [5.41, 5.74) is -9.19. The summed E-state index contributed by atoms with van der Waals surface area (Å²) in [7, 11) is 0.0497. The van der Waals surface area contributed by atoms with Gasteiger partial charge < -0.3 is 4.74 Å². The van der Waals surface area contributed by atoms with Gasteiger partial charge in [0.2, 0.25) is 0 Å². The van der Waals surface area contributed by atoms with Crippen molar-refractivity contribution in [3.63, 3.8) is 0 Å². The molecular weight excluding hydrogens is 319 g/mol. The van der Waals surface area contributed by atoms with E-state index in [-0.39, 0.29) is 19.2 Å². The summed E-state index contributed by atoms with van der Waals surface area (Å²) in [4.78, 5) is 0. The molecule has 0 atom stereocenters. The fourth-order valence-electron chi connectivity index (χ4n) is 1.84. The number of ether oxygens (including phenoxy) is 1. The average molecular weight is 326 g/mol. The Morgan fingerprint density at radius 2 is 1.10 bits per heavy atom. The molecular formula is C11H7F9O. The quantitative estimate of drug-likeness (QED) is 0.718. The molecule has 0 unspecified atom stereocenters. The first-order valence-corrected chi connectivity index (χ1v) is 5.14. The zero-order valence-electron chi connectivity index (χ0n) is 10.1. The predicted octanol–water partition coefficient (Wildman–Crippen LogP) is 4.67. The monoisotopic (exact) mass is 326 g/mol. The molecule has 120 valence electrons. The molecule has 0 amide bonds. The second kappa shape index (κ2) is 5.08. The summed E-state index contributed by atoms with van der Waals surface area (Å²) in [6, 6.07) is 1.53. The summed E-state index contributed by atoms with van der Waals surface area (Å²) >= 11 is 0. The molecule has 21 heavy (non-hydrogen) atoms. The summed E-state index contributed by atoms with van der Waals surface area (Å²) < 4.78 is 119. The number of hydrogen-bond donors (Lipinski definition) is 0. The Bertz CT molecular complexity index is 484. The van der Waals surface area contributed by atoms with E-state index < -0.39 is 35.3 Å². The normalized spacial score (nSPS) is 14.4. The molecule has 0 fully saturated rings. The van der Waals surface area contributed by atoms with Crippen molar-refractivity contribution in [3.05, 3.63) is 35.4 Å². The van der Waals surface area contributed by atoms with Gasteiger partial charge in [0.15, 0.2) is 0 Å². The molecule has 0 aliphatic rings. The Hall–Kier alpha value is -1.45. The Labute approximate surface area is 112 Å². The van der Waals surface area contributed by atoms with Crippen LogP contribution < -0.4 is 0 Å². The van der Waals surface area contributed by atoms with Gasteiger partial charge in [0.05, 0.1) is 5.56 Å². The van der Waals surface area contributed by atoms with Crippen LogP contribution in [0.4, 0.5) is 39.5 Å².